The zero-order valence-electron chi connectivity index (χ0n) is 15.9. The maximum atomic E-state index is 12.5. The van der Waals surface area contributed by atoms with Crippen LogP contribution in [0.5, 0.6) is 0 Å². The van der Waals surface area contributed by atoms with Crippen LogP contribution in [0.25, 0.3) is 0 Å². The molecule has 0 unspecified atom stereocenters. The van der Waals surface area contributed by atoms with Crippen molar-refractivity contribution in [2.75, 3.05) is 6.54 Å². The lowest BCUT2D eigenvalue weighted by molar-refractivity contribution is -0.125. The van der Waals surface area contributed by atoms with Gasteiger partial charge in [-0.2, -0.15) is 5.26 Å². The first kappa shape index (κ1) is 21.2. The van der Waals surface area contributed by atoms with Crippen LogP contribution in [-0.4, -0.2) is 36.5 Å². The van der Waals surface area contributed by atoms with Gasteiger partial charge in [0, 0.05) is 12.5 Å². The third kappa shape index (κ3) is 6.58. The smallest absolute Gasteiger partial charge is 0.408 e. The second-order valence-corrected chi connectivity index (χ2v) is 6.75. The molecule has 8 nitrogen and oxygen atoms in total. The van der Waals surface area contributed by atoms with Gasteiger partial charge in [-0.25, -0.2) is 4.79 Å². The summed E-state index contributed by atoms with van der Waals surface area (Å²) in [5.41, 5.74) is 0.841. The van der Waals surface area contributed by atoms with Gasteiger partial charge in [0.1, 0.15) is 18.7 Å². The molecule has 3 amide bonds. The first-order valence-electron chi connectivity index (χ1n) is 9.48. The molecule has 1 heterocycles. The fourth-order valence-electron chi connectivity index (χ4n) is 3.04. The lowest BCUT2D eigenvalue weighted by atomic mass is 9.98. The first-order chi connectivity index (χ1) is 13.5. The number of nitrogens with zero attached hydrogens (tertiary/aromatic N) is 1. The maximum Gasteiger partial charge on any atom is 0.408 e. The summed E-state index contributed by atoms with van der Waals surface area (Å²) >= 11 is 0. The molecular formula is C20H26N4O4. The number of hydrogen-bond donors (Lipinski definition) is 3. The summed E-state index contributed by atoms with van der Waals surface area (Å²) in [5, 5.41) is 17.2. The average molecular weight is 386 g/mol. The van der Waals surface area contributed by atoms with Crippen LogP contribution in [0.15, 0.2) is 30.3 Å². The van der Waals surface area contributed by atoms with Crippen molar-refractivity contribution in [1.82, 2.24) is 16.0 Å². The van der Waals surface area contributed by atoms with E-state index in [1.165, 1.54) is 0 Å². The maximum absolute atomic E-state index is 12.5. The molecule has 150 valence electrons. The molecule has 1 aromatic rings. The Hall–Kier alpha value is -3.08. The molecule has 0 bridgehead atoms. The highest BCUT2D eigenvalue weighted by Gasteiger charge is 2.29. The zero-order chi connectivity index (χ0) is 20.4. The molecule has 1 aliphatic rings. The van der Waals surface area contributed by atoms with Crippen LogP contribution in [-0.2, 0) is 20.9 Å². The molecular weight excluding hydrogens is 360 g/mol. The van der Waals surface area contributed by atoms with Crippen molar-refractivity contribution < 1.29 is 19.1 Å². The Morgan fingerprint density at radius 1 is 1.32 bits per heavy atom. The predicted molar refractivity (Wildman–Crippen MR) is 102 cm³/mol. The summed E-state index contributed by atoms with van der Waals surface area (Å²) in [5.74, 6) is -0.830. The molecule has 8 heteroatoms. The van der Waals surface area contributed by atoms with Gasteiger partial charge in [-0.3, -0.25) is 9.59 Å². The summed E-state index contributed by atoms with van der Waals surface area (Å²) in [7, 11) is 0. The highest BCUT2D eigenvalue weighted by atomic mass is 16.5. The van der Waals surface area contributed by atoms with Gasteiger partial charge >= 0.3 is 6.09 Å². The summed E-state index contributed by atoms with van der Waals surface area (Å²) in [6.07, 6.45) is 1.29. The van der Waals surface area contributed by atoms with Crippen molar-refractivity contribution in [2.45, 2.75) is 51.3 Å². The number of nitrogens with one attached hydrogen (secondary N) is 3. The second-order valence-electron chi connectivity index (χ2n) is 6.75. The molecule has 0 aliphatic carbocycles. The molecule has 0 spiro atoms. The fourth-order valence-corrected chi connectivity index (χ4v) is 3.04. The Balaban J connectivity index is 1.86. The van der Waals surface area contributed by atoms with E-state index in [9.17, 15) is 19.6 Å². The summed E-state index contributed by atoms with van der Waals surface area (Å²) in [4.78, 5) is 36.3. The number of rotatable bonds is 9. The van der Waals surface area contributed by atoms with E-state index < -0.39 is 24.1 Å². The Morgan fingerprint density at radius 2 is 2.07 bits per heavy atom. The van der Waals surface area contributed by atoms with Crippen LogP contribution >= 0.6 is 0 Å². The van der Waals surface area contributed by atoms with E-state index in [1.54, 1.807) is 0 Å². The predicted octanol–water partition coefficient (Wildman–Crippen LogP) is 1.62. The molecule has 3 atom stereocenters. The van der Waals surface area contributed by atoms with Gasteiger partial charge in [0.05, 0.1) is 6.07 Å². The Bertz CT molecular complexity index is 717. The van der Waals surface area contributed by atoms with Crippen molar-refractivity contribution in [3.8, 4) is 6.07 Å². The number of carbonyl (C=O) groups excluding carboxylic acids is 3. The SMILES string of the molecule is CCC[C@H](NC(=O)OCc1ccccc1)C(=O)N[C@H](C#N)C[C@@H]1CCNC1=O. The monoisotopic (exact) mass is 386 g/mol. The quantitative estimate of drug-likeness (QED) is 0.595. The highest BCUT2D eigenvalue weighted by molar-refractivity contribution is 5.86. The Morgan fingerprint density at radius 3 is 2.68 bits per heavy atom. The van der Waals surface area contributed by atoms with Crippen molar-refractivity contribution in [1.29, 1.82) is 5.26 Å². The molecule has 0 radical (unpaired) electrons. The van der Waals surface area contributed by atoms with E-state index >= 15 is 0 Å². The minimum Gasteiger partial charge on any atom is -0.445 e. The third-order valence-corrected chi connectivity index (χ3v) is 4.55. The van der Waals surface area contributed by atoms with Gasteiger partial charge in [0.2, 0.25) is 11.8 Å². The van der Waals surface area contributed by atoms with Crippen LogP contribution in [0.1, 0.15) is 38.2 Å². The lowest BCUT2D eigenvalue weighted by Gasteiger charge is -2.20. The number of amides is 3. The molecule has 28 heavy (non-hydrogen) atoms. The van der Waals surface area contributed by atoms with Crippen molar-refractivity contribution in [3.63, 3.8) is 0 Å². The summed E-state index contributed by atoms with van der Waals surface area (Å²) < 4.78 is 5.16. The number of nitriles is 1. The summed E-state index contributed by atoms with van der Waals surface area (Å²) in [6, 6.07) is 9.65. The fraction of sp³-hybridized carbons (Fsp3) is 0.500. The number of benzene rings is 1. The van der Waals surface area contributed by atoms with Crippen LogP contribution in [0, 0.1) is 17.2 Å². The van der Waals surface area contributed by atoms with Crippen molar-refractivity contribution in [2.24, 2.45) is 5.92 Å². The van der Waals surface area contributed by atoms with E-state index in [4.69, 9.17) is 4.74 Å². The van der Waals surface area contributed by atoms with Crippen LogP contribution < -0.4 is 16.0 Å². The van der Waals surface area contributed by atoms with Gasteiger partial charge in [0.15, 0.2) is 0 Å². The van der Waals surface area contributed by atoms with Crippen LogP contribution in [0.4, 0.5) is 4.79 Å². The van der Waals surface area contributed by atoms with E-state index in [-0.39, 0.29) is 24.9 Å². The van der Waals surface area contributed by atoms with Gasteiger partial charge in [-0.1, -0.05) is 43.7 Å². The summed E-state index contributed by atoms with van der Waals surface area (Å²) in [6.45, 7) is 2.58. The van der Waals surface area contributed by atoms with E-state index in [1.807, 2.05) is 43.3 Å². The second kappa shape index (κ2) is 10.9. The average Bonchev–Trinajstić information content (AvgIpc) is 3.10. The topological polar surface area (TPSA) is 120 Å². The molecule has 0 aromatic heterocycles. The highest BCUT2D eigenvalue weighted by Crippen LogP contribution is 2.16. The van der Waals surface area contributed by atoms with Gasteiger partial charge < -0.3 is 20.7 Å². The normalized spacial score (nSPS) is 17.7. The lowest BCUT2D eigenvalue weighted by Crippen LogP contribution is -2.49. The molecule has 1 fully saturated rings. The number of hydrogen-bond acceptors (Lipinski definition) is 5. The molecule has 1 aliphatic heterocycles. The van der Waals surface area contributed by atoms with E-state index in [0.717, 1.165) is 5.56 Å². The molecule has 2 rings (SSSR count). The standard InChI is InChI=1S/C20H26N4O4/c1-2-6-17(24-20(27)28-13-14-7-4-3-5-8-14)19(26)23-16(12-21)11-15-9-10-22-18(15)25/h3-5,7-8,15-17H,2,6,9-11,13H2,1H3,(H,22,25)(H,23,26)(H,24,27)/t15-,16-,17-/m0/s1. The van der Waals surface area contributed by atoms with Gasteiger partial charge in [0.25, 0.3) is 0 Å². The zero-order valence-corrected chi connectivity index (χ0v) is 15.9. The van der Waals surface area contributed by atoms with Crippen molar-refractivity contribution >= 4 is 17.9 Å². The Kier molecular flexibility index (Phi) is 8.28. The Labute approximate surface area is 164 Å². The number of alkyl carbamates (subject to hydrolysis) is 1. The van der Waals surface area contributed by atoms with Crippen LogP contribution in [0.2, 0.25) is 0 Å². The van der Waals surface area contributed by atoms with Crippen molar-refractivity contribution in [3.05, 3.63) is 35.9 Å². The van der Waals surface area contributed by atoms with E-state index in [0.29, 0.717) is 25.8 Å². The number of ether oxygens (including phenoxy) is 1. The first-order valence-corrected chi connectivity index (χ1v) is 9.48. The van der Waals surface area contributed by atoms with Crippen LogP contribution in [0.3, 0.4) is 0 Å². The molecule has 3 N–H and O–H groups in total. The van der Waals surface area contributed by atoms with Gasteiger partial charge in [-0.15, -0.1) is 0 Å². The molecule has 0 saturated carbocycles. The minimum atomic E-state index is -0.804. The third-order valence-electron chi connectivity index (χ3n) is 4.55. The number of carbonyl (C=O) groups is 3. The molecule has 1 saturated heterocycles. The van der Waals surface area contributed by atoms with E-state index in [2.05, 4.69) is 16.0 Å². The van der Waals surface area contributed by atoms with Gasteiger partial charge in [-0.05, 0) is 24.8 Å². The largest absolute Gasteiger partial charge is 0.445 e. The minimum absolute atomic E-state index is 0.0952. The molecule has 1 aromatic carbocycles.